The average Bonchev–Trinajstić information content (AvgIpc) is 3.08. The Balaban J connectivity index is 2.05. The van der Waals surface area contributed by atoms with Crippen molar-refractivity contribution in [2.24, 2.45) is 5.92 Å². The van der Waals surface area contributed by atoms with Crippen LogP contribution in [0.15, 0.2) is 42.5 Å². The molecular weight excluding hydrogens is 226 g/mol. The van der Waals surface area contributed by atoms with Gasteiger partial charge < -0.3 is 9.67 Å². The van der Waals surface area contributed by atoms with Gasteiger partial charge in [0.25, 0.3) is 0 Å². The first kappa shape index (κ1) is 11.1. The maximum atomic E-state index is 11.2. The molecule has 0 radical (unpaired) electrons. The molecule has 18 heavy (non-hydrogen) atoms. The van der Waals surface area contributed by atoms with Gasteiger partial charge in [-0.05, 0) is 36.5 Å². The Bertz CT molecular complexity index is 567. The summed E-state index contributed by atoms with van der Waals surface area (Å²) in [5, 5.41) is 9.24. The fourth-order valence-electron chi connectivity index (χ4n) is 2.27. The first-order chi connectivity index (χ1) is 8.75. The van der Waals surface area contributed by atoms with E-state index in [0.717, 1.165) is 17.8 Å². The SMILES string of the molecule is O=C(O)c1ccc(-c2ccccc2)n1CC1CC1. The van der Waals surface area contributed by atoms with Crippen LogP contribution in [0.4, 0.5) is 0 Å². The van der Waals surface area contributed by atoms with Crippen LogP contribution >= 0.6 is 0 Å². The van der Waals surface area contributed by atoms with Gasteiger partial charge in [-0.2, -0.15) is 0 Å². The number of carbonyl (C=O) groups is 1. The number of aromatic carboxylic acids is 1. The first-order valence-corrected chi connectivity index (χ1v) is 6.24. The first-order valence-electron chi connectivity index (χ1n) is 6.24. The van der Waals surface area contributed by atoms with Crippen molar-refractivity contribution in [2.75, 3.05) is 0 Å². The number of nitrogens with zero attached hydrogens (tertiary/aromatic N) is 1. The Labute approximate surface area is 106 Å². The lowest BCUT2D eigenvalue weighted by Crippen LogP contribution is -2.10. The van der Waals surface area contributed by atoms with Crippen LogP contribution in [0.2, 0.25) is 0 Å². The molecule has 0 bridgehead atoms. The summed E-state index contributed by atoms with van der Waals surface area (Å²) in [6, 6.07) is 13.6. The summed E-state index contributed by atoms with van der Waals surface area (Å²) in [5.41, 5.74) is 2.46. The van der Waals surface area contributed by atoms with E-state index in [0.29, 0.717) is 11.6 Å². The summed E-state index contributed by atoms with van der Waals surface area (Å²) in [4.78, 5) is 11.2. The van der Waals surface area contributed by atoms with Gasteiger partial charge >= 0.3 is 5.97 Å². The number of carboxylic acids is 1. The fraction of sp³-hybridized carbons (Fsp3) is 0.267. The van der Waals surface area contributed by atoms with Crippen molar-refractivity contribution < 1.29 is 9.90 Å². The van der Waals surface area contributed by atoms with Crippen LogP contribution in [0.5, 0.6) is 0 Å². The molecule has 0 saturated heterocycles. The molecule has 0 amide bonds. The third kappa shape index (κ3) is 2.04. The third-order valence-electron chi connectivity index (χ3n) is 3.41. The number of carboxylic acid groups (broad SMARTS) is 1. The monoisotopic (exact) mass is 241 g/mol. The van der Waals surface area contributed by atoms with E-state index < -0.39 is 5.97 Å². The predicted molar refractivity (Wildman–Crippen MR) is 69.6 cm³/mol. The molecule has 3 rings (SSSR count). The summed E-state index contributed by atoms with van der Waals surface area (Å²) in [7, 11) is 0. The maximum Gasteiger partial charge on any atom is 0.352 e. The van der Waals surface area contributed by atoms with E-state index >= 15 is 0 Å². The van der Waals surface area contributed by atoms with Gasteiger partial charge in [0.1, 0.15) is 5.69 Å². The Kier molecular flexibility index (Phi) is 2.67. The van der Waals surface area contributed by atoms with Gasteiger partial charge in [-0.15, -0.1) is 0 Å². The summed E-state index contributed by atoms with van der Waals surface area (Å²) < 4.78 is 1.94. The normalized spacial score (nSPS) is 14.7. The average molecular weight is 241 g/mol. The summed E-state index contributed by atoms with van der Waals surface area (Å²) in [6.07, 6.45) is 2.43. The lowest BCUT2D eigenvalue weighted by atomic mass is 10.1. The Morgan fingerprint density at radius 2 is 1.89 bits per heavy atom. The van der Waals surface area contributed by atoms with Crippen LogP contribution in [-0.4, -0.2) is 15.6 Å². The highest BCUT2D eigenvalue weighted by molar-refractivity contribution is 5.87. The standard InChI is InChI=1S/C15H15NO2/c17-15(18)14-9-8-13(12-4-2-1-3-5-12)16(14)10-11-6-7-11/h1-5,8-9,11H,6-7,10H2,(H,17,18). The summed E-state index contributed by atoms with van der Waals surface area (Å²) in [5.74, 6) is -0.198. The van der Waals surface area contributed by atoms with E-state index in [2.05, 4.69) is 0 Å². The second-order valence-corrected chi connectivity index (χ2v) is 4.83. The van der Waals surface area contributed by atoms with E-state index in [1.807, 2.05) is 41.0 Å². The fourth-order valence-corrected chi connectivity index (χ4v) is 2.27. The molecule has 2 aromatic rings. The van der Waals surface area contributed by atoms with E-state index in [9.17, 15) is 9.90 Å². The molecule has 0 spiro atoms. The molecule has 1 aliphatic carbocycles. The topological polar surface area (TPSA) is 42.2 Å². The predicted octanol–water partition coefficient (Wildman–Crippen LogP) is 3.26. The van der Waals surface area contributed by atoms with Crippen molar-refractivity contribution in [3.05, 3.63) is 48.2 Å². The zero-order chi connectivity index (χ0) is 12.5. The Morgan fingerprint density at radius 3 is 2.50 bits per heavy atom. The minimum Gasteiger partial charge on any atom is -0.477 e. The minimum absolute atomic E-state index is 0.390. The molecule has 1 aromatic heterocycles. The van der Waals surface area contributed by atoms with Crippen LogP contribution in [0.3, 0.4) is 0 Å². The van der Waals surface area contributed by atoms with Gasteiger partial charge in [0.05, 0.1) is 0 Å². The van der Waals surface area contributed by atoms with Gasteiger partial charge in [-0.1, -0.05) is 30.3 Å². The Morgan fingerprint density at radius 1 is 1.17 bits per heavy atom. The minimum atomic E-state index is -0.849. The lowest BCUT2D eigenvalue weighted by molar-refractivity contribution is 0.0685. The van der Waals surface area contributed by atoms with Gasteiger partial charge in [-0.3, -0.25) is 0 Å². The lowest BCUT2D eigenvalue weighted by Gasteiger charge is -2.11. The van der Waals surface area contributed by atoms with Crippen LogP contribution in [-0.2, 0) is 6.54 Å². The molecule has 3 heteroatoms. The second kappa shape index (κ2) is 4.33. The van der Waals surface area contributed by atoms with Crippen LogP contribution < -0.4 is 0 Å². The van der Waals surface area contributed by atoms with Crippen LogP contribution in [0.1, 0.15) is 23.3 Å². The molecule has 1 saturated carbocycles. The van der Waals surface area contributed by atoms with Gasteiger partial charge in [0.2, 0.25) is 0 Å². The highest BCUT2D eigenvalue weighted by Crippen LogP contribution is 2.33. The highest BCUT2D eigenvalue weighted by atomic mass is 16.4. The maximum absolute atomic E-state index is 11.2. The smallest absolute Gasteiger partial charge is 0.352 e. The number of hydrogen-bond acceptors (Lipinski definition) is 1. The summed E-state index contributed by atoms with van der Waals surface area (Å²) >= 11 is 0. The highest BCUT2D eigenvalue weighted by Gasteiger charge is 2.25. The van der Waals surface area contributed by atoms with Crippen molar-refractivity contribution in [3.8, 4) is 11.3 Å². The zero-order valence-electron chi connectivity index (χ0n) is 10.0. The molecule has 1 heterocycles. The molecule has 1 N–H and O–H groups in total. The van der Waals surface area contributed by atoms with Crippen molar-refractivity contribution in [3.63, 3.8) is 0 Å². The number of benzene rings is 1. The molecule has 0 unspecified atom stereocenters. The van der Waals surface area contributed by atoms with Crippen molar-refractivity contribution in [1.29, 1.82) is 0 Å². The van der Waals surface area contributed by atoms with Gasteiger partial charge in [0.15, 0.2) is 0 Å². The molecule has 0 atom stereocenters. The van der Waals surface area contributed by atoms with Gasteiger partial charge in [0, 0.05) is 12.2 Å². The zero-order valence-corrected chi connectivity index (χ0v) is 10.0. The molecule has 1 fully saturated rings. The van der Waals surface area contributed by atoms with Crippen molar-refractivity contribution >= 4 is 5.97 Å². The van der Waals surface area contributed by atoms with Gasteiger partial charge in [-0.25, -0.2) is 4.79 Å². The van der Waals surface area contributed by atoms with Crippen molar-refractivity contribution in [2.45, 2.75) is 19.4 Å². The molecule has 1 aromatic carbocycles. The van der Waals surface area contributed by atoms with E-state index in [4.69, 9.17) is 0 Å². The van der Waals surface area contributed by atoms with Crippen LogP contribution in [0.25, 0.3) is 11.3 Å². The quantitative estimate of drug-likeness (QED) is 0.892. The third-order valence-corrected chi connectivity index (χ3v) is 3.41. The number of rotatable bonds is 4. The number of aromatic nitrogens is 1. The molecule has 0 aliphatic heterocycles. The van der Waals surface area contributed by atoms with Crippen LogP contribution in [0, 0.1) is 5.92 Å². The van der Waals surface area contributed by atoms with E-state index in [-0.39, 0.29) is 0 Å². The number of hydrogen-bond donors (Lipinski definition) is 1. The molecule has 3 nitrogen and oxygen atoms in total. The largest absolute Gasteiger partial charge is 0.477 e. The Hall–Kier alpha value is -2.03. The van der Waals surface area contributed by atoms with Crippen molar-refractivity contribution in [1.82, 2.24) is 4.57 Å². The molecule has 92 valence electrons. The second-order valence-electron chi connectivity index (χ2n) is 4.83. The molecular formula is C15H15NO2. The van der Waals surface area contributed by atoms with E-state index in [1.54, 1.807) is 6.07 Å². The summed E-state index contributed by atoms with van der Waals surface area (Å²) in [6.45, 7) is 0.818. The van der Waals surface area contributed by atoms with E-state index in [1.165, 1.54) is 12.8 Å². The molecule has 1 aliphatic rings.